The van der Waals surface area contributed by atoms with Crippen LogP contribution in [0.5, 0.6) is 0 Å². The number of carbonyl (C=O) groups is 1. The number of sulfonamides is 2. The summed E-state index contributed by atoms with van der Waals surface area (Å²) in [5.74, 6) is -0.711. The molecule has 0 bridgehead atoms. The molecule has 1 aromatic carbocycles. The van der Waals surface area contributed by atoms with Gasteiger partial charge >= 0.3 is 0 Å². The molecular formula is C14H20ClN3O5S2. The van der Waals surface area contributed by atoms with Crippen LogP contribution in [0, 0.1) is 0 Å². The van der Waals surface area contributed by atoms with Crippen LogP contribution in [0.1, 0.15) is 6.42 Å². The Morgan fingerprint density at radius 3 is 2.04 bits per heavy atom. The summed E-state index contributed by atoms with van der Waals surface area (Å²) in [4.78, 5) is 13.9. The Morgan fingerprint density at radius 2 is 1.56 bits per heavy atom. The van der Waals surface area contributed by atoms with Gasteiger partial charge in [-0.2, -0.15) is 4.31 Å². The highest BCUT2D eigenvalue weighted by Gasteiger charge is 2.36. The minimum Gasteiger partial charge on any atom is -0.304 e. The summed E-state index contributed by atoms with van der Waals surface area (Å²) in [5.41, 5.74) is 0.176. The fourth-order valence-corrected chi connectivity index (χ4v) is 5.68. The Balaban J connectivity index is 0.00000225. The largest absolute Gasteiger partial charge is 0.304 e. The molecule has 8 nitrogen and oxygen atoms in total. The highest BCUT2D eigenvalue weighted by atomic mass is 35.5. The predicted octanol–water partition coefficient (Wildman–Crippen LogP) is 0.111. The first-order valence-corrected chi connectivity index (χ1v) is 10.6. The van der Waals surface area contributed by atoms with Crippen molar-refractivity contribution in [3.8, 4) is 0 Å². The molecular weight excluding hydrogens is 390 g/mol. The van der Waals surface area contributed by atoms with Gasteiger partial charge in [0, 0.05) is 32.6 Å². The molecule has 2 saturated heterocycles. The molecule has 2 fully saturated rings. The van der Waals surface area contributed by atoms with E-state index in [-0.39, 0.29) is 35.2 Å². The third-order valence-electron chi connectivity index (χ3n) is 4.25. The van der Waals surface area contributed by atoms with Gasteiger partial charge in [-0.15, -0.1) is 12.4 Å². The Kier molecular flexibility index (Phi) is 5.79. The number of hydrogen-bond donors (Lipinski definition) is 0. The smallest absolute Gasteiger partial charge is 0.243 e. The summed E-state index contributed by atoms with van der Waals surface area (Å²) >= 11 is 0. The number of benzene rings is 1. The molecule has 3 rings (SSSR count). The molecule has 2 heterocycles. The van der Waals surface area contributed by atoms with Crippen LogP contribution in [0.15, 0.2) is 29.2 Å². The topological polar surface area (TPSA) is 95.1 Å². The van der Waals surface area contributed by atoms with Crippen LogP contribution in [0.25, 0.3) is 0 Å². The standard InChI is InChI=1S/C14H19N3O5S2.ClH/c1-15-7-9-16(10-8-15)24(21,22)13-4-2-12(3-5-13)17-14(18)6-11-23(17,19)20;/h2-5H,6-11H2,1H3;1H. The molecule has 0 saturated carbocycles. The molecule has 0 radical (unpaired) electrons. The molecule has 1 aromatic rings. The SMILES string of the molecule is CN1CCN(S(=O)(=O)c2ccc(N3C(=O)CCS3(=O)=O)cc2)CC1.Cl. The highest BCUT2D eigenvalue weighted by Crippen LogP contribution is 2.27. The van der Waals surface area contributed by atoms with Gasteiger partial charge in [0.2, 0.25) is 26.0 Å². The average Bonchev–Trinajstić information content (AvgIpc) is 2.81. The number of rotatable bonds is 3. The molecule has 0 aromatic heterocycles. The van der Waals surface area contributed by atoms with Crippen LogP contribution in [0.3, 0.4) is 0 Å². The molecule has 25 heavy (non-hydrogen) atoms. The third kappa shape index (κ3) is 3.82. The maximum absolute atomic E-state index is 12.6. The fourth-order valence-electron chi connectivity index (χ4n) is 2.80. The Bertz CT molecular complexity index is 847. The van der Waals surface area contributed by atoms with Gasteiger partial charge in [0.1, 0.15) is 0 Å². The molecule has 140 valence electrons. The minimum absolute atomic E-state index is 0. The van der Waals surface area contributed by atoms with Crippen molar-refractivity contribution in [3.05, 3.63) is 24.3 Å². The molecule has 2 aliphatic heterocycles. The van der Waals surface area contributed by atoms with E-state index in [9.17, 15) is 21.6 Å². The van der Waals surface area contributed by atoms with Crippen molar-refractivity contribution >= 4 is 44.0 Å². The van der Waals surface area contributed by atoms with Gasteiger partial charge in [-0.3, -0.25) is 4.79 Å². The van der Waals surface area contributed by atoms with Crippen molar-refractivity contribution in [1.82, 2.24) is 9.21 Å². The Labute approximate surface area is 153 Å². The first-order chi connectivity index (χ1) is 11.2. The second-order valence-corrected chi connectivity index (χ2v) is 9.80. The lowest BCUT2D eigenvalue weighted by Gasteiger charge is -2.31. The molecule has 0 N–H and O–H groups in total. The second-order valence-electron chi connectivity index (χ2n) is 5.93. The third-order valence-corrected chi connectivity index (χ3v) is 7.85. The minimum atomic E-state index is -3.65. The van der Waals surface area contributed by atoms with Crippen LogP contribution in [-0.4, -0.2) is 70.9 Å². The second kappa shape index (κ2) is 7.20. The summed E-state index contributed by atoms with van der Waals surface area (Å²) in [6, 6.07) is 5.43. The number of hydrogen-bond acceptors (Lipinski definition) is 6. The molecule has 0 aliphatic carbocycles. The zero-order valence-corrected chi connectivity index (χ0v) is 16.1. The molecule has 0 atom stereocenters. The fraction of sp³-hybridized carbons (Fsp3) is 0.500. The Morgan fingerprint density at radius 1 is 1.00 bits per heavy atom. The summed E-state index contributed by atoms with van der Waals surface area (Å²) in [5, 5.41) is 0. The lowest BCUT2D eigenvalue weighted by molar-refractivity contribution is -0.116. The van der Waals surface area contributed by atoms with Crippen molar-refractivity contribution in [2.45, 2.75) is 11.3 Å². The molecule has 1 amide bonds. The van der Waals surface area contributed by atoms with Crippen LogP contribution in [0.2, 0.25) is 0 Å². The lowest BCUT2D eigenvalue weighted by atomic mass is 10.3. The average molecular weight is 410 g/mol. The Hall–Kier alpha value is -1.20. The quantitative estimate of drug-likeness (QED) is 0.703. The molecule has 2 aliphatic rings. The summed E-state index contributed by atoms with van der Waals surface area (Å²) in [7, 11) is -5.32. The first-order valence-electron chi connectivity index (χ1n) is 7.56. The number of anilines is 1. The van der Waals surface area contributed by atoms with Crippen molar-refractivity contribution < 1.29 is 21.6 Å². The van der Waals surface area contributed by atoms with E-state index < -0.39 is 26.0 Å². The predicted molar refractivity (Wildman–Crippen MR) is 95.8 cm³/mol. The summed E-state index contributed by atoms with van der Waals surface area (Å²) in [6.07, 6.45) is -0.0519. The van der Waals surface area contributed by atoms with Crippen molar-refractivity contribution in [1.29, 1.82) is 0 Å². The maximum Gasteiger partial charge on any atom is 0.243 e. The number of nitrogens with zero attached hydrogens (tertiary/aromatic N) is 3. The number of amides is 1. The normalized spacial score (nSPS) is 22.0. The van der Waals surface area contributed by atoms with Crippen LogP contribution < -0.4 is 4.31 Å². The van der Waals surface area contributed by atoms with E-state index >= 15 is 0 Å². The van der Waals surface area contributed by atoms with E-state index in [1.54, 1.807) is 0 Å². The van der Waals surface area contributed by atoms with E-state index in [1.807, 2.05) is 7.05 Å². The zero-order valence-electron chi connectivity index (χ0n) is 13.7. The monoisotopic (exact) mass is 409 g/mol. The van der Waals surface area contributed by atoms with Gasteiger partial charge in [-0.25, -0.2) is 21.1 Å². The van der Waals surface area contributed by atoms with Crippen molar-refractivity contribution in [2.75, 3.05) is 43.3 Å². The number of carbonyl (C=O) groups excluding carboxylic acids is 1. The van der Waals surface area contributed by atoms with Gasteiger partial charge in [0.25, 0.3) is 0 Å². The van der Waals surface area contributed by atoms with Crippen LogP contribution >= 0.6 is 12.4 Å². The van der Waals surface area contributed by atoms with Gasteiger partial charge < -0.3 is 4.90 Å². The van der Waals surface area contributed by atoms with E-state index in [4.69, 9.17) is 0 Å². The summed E-state index contributed by atoms with van der Waals surface area (Å²) < 4.78 is 51.2. The van der Waals surface area contributed by atoms with E-state index in [2.05, 4.69) is 4.90 Å². The number of likely N-dealkylation sites (N-methyl/N-ethyl adjacent to an activating group) is 1. The summed E-state index contributed by atoms with van der Waals surface area (Å²) in [6.45, 7) is 2.16. The van der Waals surface area contributed by atoms with Gasteiger partial charge in [-0.1, -0.05) is 0 Å². The van der Waals surface area contributed by atoms with Gasteiger partial charge in [-0.05, 0) is 31.3 Å². The maximum atomic E-state index is 12.6. The number of piperazine rings is 1. The van der Waals surface area contributed by atoms with Gasteiger partial charge in [0.15, 0.2) is 0 Å². The number of halogens is 1. The van der Waals surface area contributed by atoms with Crippen LogP contribution in [0.4, 0.5) is 5.69 Å². The molecule has 0 spiro atoms. The van der Waals surface area contributed by atoms with E-state index in [1.165, 1.54) is 28.6 Å². The van der Waals surface area contributed by atoms with Crippen molar-refractivity contribution in [3.63, 3.8) is 0 Å². The van der Waals surface area contributed by atoms with Gasteiger partial charge in [0.05, 0.1) is 16.3 Å². The van der Waals surface area contributed by atoms with E-state index in [0.717, 1.165) is 4.31 Å². The molecule has 11 heteroatoms. The van der Waals surface area contributed by atoms with Crippen LogP contribution in [-0.2, 0) is 24.8 Å². The van der Waals surface area contributed by atoms with Crippen molar-refractivity contribution in [2.24, 2.45) is 0 Å². The van der Waals surface area contributed by atoms with E-state index in [0.29, 0.717) is 26.2 Å². The molecule has 0 unspecified atom stereocenters. The lowest BCUT2D eigenvalue weighted by Crippen LogP contribution is -2.47. The highest BCUT2D eigenvalue weighted by molar-refractivity contribution is 7.94. The zero-order chi connectivity index (χ0) is 17.5. The first kappa shape index (κ1) is 20.1.